The van der Waals surface area contributed by atoms with Crippen LogP contribution >= 0.6 is 11.3 Å². The fourth-order valence-electron chi connectivity index (χ4n) is 2.94. The zero-order valence-corrected chi connectivity index (χ0v) is 17.2. The highest BCUT2D eigenvalue weighted by atomic mass is 32.1. The summed E-state index contributed by atoms with van der Waals surface area (Å²) in [4.78, 5) is 21.7. The summed E-state index contributed by atoms with van der Waals surface area (Å²) in [7, 11) is 1.67. The molecule has 7 heteroatoms. The Morgan fingerprint density at radius 1 is 1.39 bits per heavy atom. The maximum absolute atomic E-state index is 12.5. The fourth-order valence-corrected chi connectivity index (χ4v) is 3.74. The van der Waals surface area contributed by atoms with Crippen LogP contribution in [-0.4, -0.2) is 40.7 Å². The van der Waals surface area contributed by atoms with Gasteiger partial charge < -0.3 is 14.6 Å². The number of nitrogens with zero attached hydrogens (tertiary/aromatic N) is 3. The lowest BCUT2D eigenvalue weighted by Gasteiger charge is -2.10. The Labute approximate surface area is 168 Å². The van der Waals surface area contributed by atoms with Gasteiger partial charge in [-0.15, -0.1) is 17.9 Å². The number of methoxy groups -OCH3 is 1. The van der Waals surface area contributed by atoms with Crippen LogP contribution in [0.2, 0.25) is 0 Å². The summed E-state index contributed by atoms with van der Waals surface area (Å²) in [5.74, 6) is -0.118. The van der Waals surface area contributed by atoms with Crippen LogP contribution in [0.4, 0.5) is 0 Å². The SMILES string of the molecule is C=CCNC(=O)c1cc(-c2csc(-c3ccc(C)nc3)n2)n(CCOC)c1C. The number of nitrogens with one attached hydrogen (secondary N) is 1. The molecular weight excluding hydrogens is 372 g/mol. The fraction of sp³-hybridized carbons (Fsp3) is 0.286. The van der Waals surface area contributed by atoms with Gasteiger partial charge in [-0.05, 0) is 32.0 Å². The van der Waals surface area contributed by atoms with E-state index in [1.807, 2.05) is 43.6 Å². The van der Waals surface area contributed by atoms with E-state index >= 15 is 0 Å². The minimum atomic E-state index is -0.118. The topological polar surface area (TPSA) is 69.0 Å². The van der Waals surface area contributed by atoms with Gasteiger partial charge in [-0.2, -0.15) is 0 Å². The van der Waals surface area contributed by atoms with E-state index in [-0.39, 0.29) is 5.91 Å². The van der Waals surface area contributed by atoms with Crippen LogP contribution in [0, 0.1) is 13.8 Å². The molecule has 0 saturated carbocycles. The van der Waals surface area contributed by atoms with Crippen LogP contribution in [-0.2, 0) is 11.3 Å². The van der Waals surface area contributed by atoms with Crippen LogP contribution in [0.3, 0.4) is 0 Å². The van der Waals surface area contributed by atoms with E-state index in [4.69, 9.17) is 9.72 Å². The normalized spacial score (nSPS) is 10.8. The van der Waals surface area contributed by atoms with Gasteiger partial charge in [-0.25, -0.2) is 4.98 Å². The van der Waals surface area contributed by atoms with E-state index in [1.165, 1.54) is 0 Å². The molecule has 3 rings (SSSR count). The van der Waals surface area contributed by atoms with Gasteiger partial charge >= 0.3 is 0 Å². The van der Waals surface area contributed by atoms with Gasteiger partial charge in [0.15, 0.2) is 0 Å². The number of hydrogen-bond acceptors (Lipinski definition) is 5. The Morgan fingerprint density at radius 2 is 2.21 bits per heavy atom. The predicted molar refractivity (Wildman–Crippen MR) is 113 cm³/mol. The third-order valence-corrected chi connectivity index (χ3v) is 5.35. The number of carbonyl (C=O) groups excluding carboxylic acids is 1. The molecule has 0 aliphatic rings. The molecule has 3 aromatic rings. The number of aryl methyl sites for hydroxylation is 1. The van der Waals surface area contributed by atoms with Gasteiger partial charge in [0, 0.05) is 48.7 Å². The molecule has 3 aromatic heterocycles. The molecule has 0 radical (unpaired) electrons. The average molecular weight is 397 g/mol. The third-order valence-electron chi connectivity index (χ3n) is 4.46. The molecule has 3 heterocycles. The Balaban J connectivity index is 1.99. The summed E-state index contributed by atoms with van der Waals surface area (Å²) in [6.07, 6.45) is 3.50. The standard InChI is InChI=1S/C21H24N4O2S/c1-5-8-22-20(26)17-11-19(25(15(17)3)9-10-27-4)18-13-28-21(24-18)16-7-6-14(2)23-12-16/h5-7,11-13H,1,8-10H2,2-4H3,(H,22,26). The number of pyridine rings is 1. The van der Waals surface area contributed by atoms with Gasteiger partial charge in [-0.3, -0.25) is 9.78 Å². The molecule has 0 aliphatic carbocycles. The van der Waals surface area contributed by atoms with Crippen molar-refractivity contribution in [3.63, 3.8) is 0 Å². The van der Waals surface area contributed by atoms with Crippen molar-refractivity contribution in [1.29, 1.82) is 0 Å². The molecule has 0 aromatic carbocycles. The number of amides is 1. The van der Waals surface area contributed by atoms with Crippen molar-refractivity contribution in [1.82, 2.24) is 19.9 Å². The highest BCUT2D eigenvalue weighted by molar-refractivity contribution is 7.13. The summed E-state index contributed by atoms with van der Waals surface area (Å²) in [5, 5.41) is 5.76. The molecule has 0 atom stereocenters. The molecule has 0 fully saturated rings. The van der Waals surface area contributed by atoms with Crippen LogP contribution in [0.5, 0.6) is 0 Å². The lowest BCUT2D eigenvalue weighted by molar-refractivity contribution is 0.0957. The van der Waals surface area contributed by atoms with Crippen molar-refractivity contribution < 1.29 is 9.53 Å². The minimum absolute atomic E-state index is 0.118. The number of thiazole rings is 1. The Bertz CT molecular complexity index is 973. The van der Waals surface area contributed by atoms with Crippen molar-refractivity contribution >= 4 is 17.2 Å². The Morgan fingerprint density at radius 3 is 2.89 bits per heavy atom. The summed E-state index contributed by atoms with van der Waals surface area (Å²) in [6.45, 7) is 9.17. The van der Waals surface area contributed by atoms with Gasteiger partial charge in [0.2, 0.25) is 0 Å². The first-order valence-electron chi connectivity index (χ1n) is 9.02. The molecule has 1 N–H and O–H groups in total. The number of ether oxygens (including phenoxy) is 1. The largest absolute Gasteiger partial charge is 0.383 e. The summed E-state index contributed by atoms with van der Waals surface area (Å²) < 4.78 is 7.33. The number of hydrogen-bond donors (Lipinski definition) is 1. The number of rotatable bonds is 8. The molecule has 0 spiro atoms. The second-order valence-electron chi connectivity index (χ2n) is 6.40. The quantitative estimate of drug-likeness (QED) is 0.587. The minimum Gasteiger partial charge on any atom is -0.383 e. The van der Waals surface area contributed by atoms with E-state index in [0.717, 1.165) is 33.3 Å². The molecule has 0 bridgehead atoms. The smallest absolute Gasteiger partial charge is 0.253 e. The van der Waals surface area contributed by atoms with Crippen molar-refractivity contribution in [3.8, 4) is 22.0 Å². The molecule has 28 heavy (non-hydrogen) atoms. The third kappa shape index (κ3) is 4.21. The monoisotopic (exact) mass is 396 g/mol. The summed E-state index contributed by atoms with van der Waals surface area (Å²) in [5.41, 5.74) is 5.22. The van der Waals surface area contributed by atoms with Gasteiger partial charge in [0.05, 0.1) is 23.6 Å². The van der Waals surface area contributed by atoms with E-state index in [1.54, 1.807) is 24.5 Å². The van der Waals surface area contributed by atoms with Crippen molar-refractivity contribution in [2.75, 3.05) is 20.3 Å². The molecule has 0 saturated heterocycles. The average Bonchev–Trinajstić information content (AvgIpc) is 3.30. The molecular formula is C21H24N4O2S. The van der Waals surface area contributed by atoms with Gasteiger partial charge in [-0.1, -0.05) is 6.08 Å². The number of aromatic nitrogens is 3. The van der Waals surface area contributed by atoms with Crippen molar-refractivity contribution in [2.45, 2.75) is 20.4 Å². The maximum Gasteiger partial charge on any atom is 0.253 e. The van der Waals surface area contributed by atoms with Crippen LogP contribution in [0.1, 0.15) is 21.7 Å². The van der Waals surface area contributed by atoms with Gasteiger partial charge in [0.25, 0.3) is 5.91 Å². The Hall–Kier alpha value is -2.77. The first-order chi connectivity index (χ1) is 13.5. The molecule has 146 valence electrons. The zero-order chi connectivity index (χ0) is 20.1. The highest BCUT2D eigenvalue weighted by Crippen LogP contribution is 2.31. The van der Waals surface area contributed by atoms with Crippen molar-refractivity contribution in [3.05, 3.63) is 59.4 Å². The highest BCUT2D eigenvalue weighted by Gasteiger charge is 2.20. The van der Waals surface area contributed by atoms with Gasteiger partial charge in [0.1, 0.15) is 5.01 Å². The summed E-state index contributed by atoms with van der Waals surface area (Å²) >= 11 is 1.56. The second kappa shape index (κ2) is 8.95. The maximum atomic E-state index is 12.5. The first kappa shape index (κ1) is 20.0. The van der Waals surface area contributed by atoms with E-state index in [9.17, 15) is 4.79 Å². The Kier molecular flexibility index (Phi) is 6.38. The lowest BCUT2D eigenvalue weighted by atomic mass is 10.2. The van der Waals surface area contributed by atoms with Crippen LogP contribution in [0.15, 0.2) is 42.4 Å². The van der Waals surface area contributed by atoms with E-state index in [0.29, 0.717) is 25.3 Å². The van der Waals surface area contributed by atoms with E-state index < -0.39 is 0 Å². The zero-order valence-electron chi connectivity index (χ0n) is 16.4. The molecule has 0 aliphatic heterocycles. The number of carbonyl (C=O) groups is 1. The van der Waals surface area contributed by atoms with Crippen LogP contribution in [0.25, 0.3) is 22.0 Å². The predicted octanol–water partition coefficient (Wildman–Crippen LogP) is 3.85. The first-order valence-corrected chi connectivity index (χ1v) is 9.90. The second-order valence-corrected chi connectivity index (χ2v) is 7.26. The van der Waals surface area contributed by atoms with Crippen LogP contribution < -0.4 is 5.32 Å². The van der Waals surface area contributed by atoms with E-state index in [2.05, 4.69) is 21.4 Å². The molecule has 6 nitrogen and oxygen atoms in total. The lowest BCUT2D eigenvalue weighted by Crippen LogP contribution is -2.23. The summed E-state index contributed by atoms with van der Waals surface area (Å²) in [6, 6.07) is 5.90. The molecule has 1 amide bonds. The van der Waals surface area contributed by atoms with Crippen molar-refractivity contribution in [2.24, 2.45) is 0 Å². The molecule has 0 unspecified atom stereocenters.